The number of hydrogen-bond donors (Lipinski definition) is 1. The quantitative estimate of drug-likeness (QED) is 0.811. The maximum absolute atomic E-state index is 12.5. The molecule has 2 heterocycles. The first kappa shape index (κ1) is 17.7. The summed E-state index contributed by atoms with van der Waals surface area (Å²) in [6.45, 7) is 7.51. The molecule has 2 fully saturated rings. The van der Waals surface area contributed by atoms with Crippen molar-refractivity contribution in [1.29, 1.82) is 0 Å². The SMILES string of the molecule is CC1CN(C(=O)C(=O)Nc2ccccc2N2CCOCC2)CC(C)O1. The zero-order valence-electron chi connectivity index (χ0n) is 14.7. The lowest BCUT2D eigenvalue weighted by molar-refractivity contribution is -0.151. The van der Waals surface area contributed by atoms with Gasteiger partial charge in [0.2, 0.25) is 0 Å². The number of anilines is 2. The molecule has 2 aliphatic heterocycles. The van der Waals surface area contributed by atoms with Crippen molar-refractivity contribution in [1.82, 2.24) is 4.90 Å². The first-order chi connectivity index (χ1) is 12.0. The Balaban J connectivity index is 1.69. The normalized spacial score (nSPS) is 24.1. The van der Waals surface area contributed by atoms with Crippen LogP contribution in [0.1, 0.15) is 13.8 Å². The number of rotatable bonds is 2. The van der Waals surface area contributed by atoms with Gasteiger partial charge in [-0.15, -0.1) is 0 Å². The van der Waals surface area contributed by atoms with Gasteiger partial charge < -0.3 is 24.6 Å². The molecule has 1 aromatic carbocycles. The second-order valence-electron chi connectivity index (χ2n) is 6.54. The van der Waals surface area contributed by atoms with Gasteiger partial charge in [0, 0.05) is 26.2 Å². The van der Waals surface area contributed by atoms with Crippen molar-refractivity contribution < 1.29 is 19.1 Å². The molecule has 2 atom stereocenters. The average Bonchev–Trinajstić information content (AvgIpc) is 2.61. The van der Waals surface area contributed by atoms with Crippen LogP contribution in [-0.4, -0.2) is 68.3 Å². The summed E-state index contributed by atoms with van der Waals surface area (Å²) in [5.41, 5.74) is 1.56. The van der Waals surface area contributed by atoms with E-state index in [1.807, 2.05) is 38.1 Å². The molecule has 0 aliphatic carbocycles. The average molecular weight is 347 g/mol. The van der Waals surface area contributed by atoms with Crippen LogP contribution < -0.4 is 10.2 Å². The van der Waals surface area contributed by atoms with Crippen molar-refractivity contribution in [3.8, 4) is 0 Å². The number of hydrogen-bond acceptors (Lipinski definition) is 5. The molecule has 0 aromatic heterocycles. The van der Waals surface area contributed by atoms with E-state index in [1.165, 1.54) is 0 Å². The summed E-state index contributed by atoms with van der Waals surface area (Å²) in [5.74, 6) is -1.12. The molecule has 2 saturated heterocycles. The van der Waals surface area contributed by atoms with Crippen LogP contribution >= 0.6 is 0 Å². The number of benzene rings is 1. The number of ether oxygens (including phenoxy) is 2. The fraction of sp³-hybridized carbons (Fsp3) is 0.556. The summed E-state index contributed by atoms with van der Waals surface area (Å²) in [6, 6.07) is 7.54. The monoisotopic (exact) mass is 347 g/mol. The molecule has 1 N–H and O–H groups in total. The Hall–Kier alpha value is -2.12. The highest BCUT2D eigenvalue weighted by Crippen LogP contribution is 2.26. The zero-order valence-corrected chi connectivity index (χ0v) is 14.7. The minimum atomic E-state index is -0.609. The fourth-order valence-electron chi connectivity index (χ4n) is 3.32. The molecule has 0 radical (unpaired) electrons. The molecule has 0 saturated carbocycles. The molecule has 1 aromatic rings. The highest BCUT2D eigenvalue weighted by Gasteiger charge is 2.30. The van der Waals surface area contributed by atoms with Gasteiger partial charge in [-0.05, 0) is 26.0 Å². The molecule has 2 aliphatic rings. The van der Waals surface area contributed by atoms with E-state index in [2.05, 4.69) is 10.2 Å². The van der Waals surface area contributed by atoms with Crippen molar-refractivity contribution >= 4 is 23.2 Å². The Morgan fingerprint density at radius 3 is 2.40 bits per heavy atom. The van der Waals surface area contributed by atoms with E-state index >= 15 is 0 Å². The van der Waals surface area contributed by atoms with E-state index < -0.39 is 11.8 Å². The molecule has 25 heavy (non-hydrogen) atoms. The lowest BCUT2D eigenvalue weighted by Gasteiger charge is -2.35. The maximum Gasteiger partial charge on any atom is 0.313 e. The van der Waals surface area contributed by atoms with E-state index in [1.54, 1.807) is 4.90 Å². The summed E-state index contributed by atoms with van der Waals surface area (Å²) >= 11 is 0. The van der Waals surface area contributed by atoms with Gasteiger partial charge in [-0.25, -0.2) is 0 Å². The van der Waals surface area contributed by atoms with Gasteiger partial charge in [0.15, 0.2) is 0 Å². The summed E-state index contributed by atoms with van der Waals surface area (Å²) in [5, 5.41) is 2.78. The maximum atomic E-state index is 12.5. The molecule has 2 unspecified atom stereocenters. The minimum Gasteiger partial charge on any atom is -0.378 e. The second-order valence-corrected chi connectivity index (χ2v) is 6.54. The molecule has 7 nitrogen and oxygen atoms in total. The van der Waals surface area contributed by atoms with Crippen LogP contribution in [0.25, 0.3) is 0 Å². The first-order valence-corrected chi connectivity index (χ1v) is 8.72. The Morgan fingerprint density at radius 2 is 1.72 bits per heavy atom. The number of nitrogens with zero attached hydrogens (tertiary/aromatic N) is 2. The van der Waals surface area contributed by atoms with Gasteiger partial charge in [-0.3, -0.25) is 9.59 Å². The van der Waals surface area contributed by atoms with E-state index in [0.717, 1.165) is 18.8 Å². The molecular formula is C18H25N3O4. The zero-order chi connectivity index (χ0) is 17.8. The van der Waals surface area contributed by atoms with Crippen LogP contribution in [-0.2, 0) is 19.1 Å². The standard InChI is InChI=1S/C18H25N3O4/c1-13-11-21(12-14(2)25-13)18(23)17(22)19-15-5-3-4-6-16(15)20-7-9-24-10-8-20/h3-6,13-14H,7-12H2,1-2H3,(H,19,22). The van der Waals surface area contributed by atoms with Crippen LogP contribution in [0.3, 0.4) is 0 Å². The van der Waals surface area contributed by atoms with E-state index in [-0.39, 0.29) is 12.2 Å². The molecule has 7 heteroatoms. The van der Waals surface area contributed by atoms with Crippen LogP contribution in [0.2, 0.25) is 0 Å². The third kappa shape index (κ3) is 4.29. The van der Waals surface area contributed by atoms with Crippen LogP contribution in [0.5, 0.6) is 0 Å². The number of carbonyl (C=O) groups excluding carboxylic acids is 2. The van der Waals surface area contributed by atoms with Crippen molar-refractivity contribution in [2.75, 3.05) is 49.6 Å². The third-order valence-electron chi connectivity index (χ3n) is 4.41. The fourth-order valence-corrected chi connectivity index (χ4v) is 3.32. The highest BCUT2D eigenvalue weighted by atomic mass is 16.5. The number of carbonyl (C=O) groups is 2. The van der Waals surface area contributed by atoms with Crippen molar-refractivity contribution in [3.63, 3.8) is 0 Å². The van der Waals surface area contributed by atoms with Gasteiger partial charge in [-0.2, -0.15) is 0 Å². The van der Waals surface area contributed by atoms with E-state index in [4.69, 9.17) is 9.47 Å². The lowest BCUT2D eigenvalue weighted by Crippen LogP contribution is -2.51. The largest absolute Gasteiger partial charge is 0.378 e. The summed E-state index contributed by atoms with van der Waals surface area (Å²) in [4.78, 5) is 28.7. The smallest absolute Gasteiger partial charge is 0.313 e. The molecule has 2 amide bonds. The molecule has 3 rings (SSSR count). The van der Waals surface area contributed by atoms with Crippen molar-refractivity contribution in [2.24, 2.45) is 0 Å². The number of morpholine rings is 2. The van der Waals surface area contributed by atoms with Gasteiger partial charge in [0.05, 0.1) is 36.8 Å². The second kappa shape index (κ2) is 7.84. The Morgan fingerprint density at radius 1 is 1.08 bits per heavy atom. The van der Waals surface area contributed by atoms with Crippen LogP contribution in [0.15, 0.2) is 24.3 Å². The molecular weight excluding hydrogens is 322 g/mol. The number of para-hydroxylation sites is 2. The van der Waals surface area contributed by atoms with Crippen LogP contribution in [0, 0.1) is 0 Å². The topological polar surface area (TPSA) is 71.1 Å². The Labute approximate surface area is 147 Å². The lowest BCUT2D eigenvalue weighted by atomic mass is 10.2. The van der Waals surface area contributed by atoms with Crippen LogP contribution in [0.4, 0.5) is 11.4 Å². The van der Waals surface area contributed by atoms with Gasteiger partial charge in [0.25, 0.3) is 0 Å². The van der Waals surface area contributed by atoms with Crippen molar-refractivity contribution in [2.45, 2.75) is 26.1 Å². The highest BCUT2D eigenvalue weighted by molar-refractivity contribution is 6.39. The van der Waals surface area contributed by atoms with Gasteiger partial charge >= 0.3 is 11.8 Å². The summed E-state index contributed by atoms with van der Waals surface area (Å²) < 4.78 is 11.0. The van der Waals surface area contributed by atoms with Crippen molar-refractivity contribution in [3.05, 3.63) is 24.3 Å². The predicted octanol–water partition coefficient (Wildman–Crippen LogP) is 1.10. The number of nitrogens with one attached hydrogen (secondary N) is 1. The summed E-state index contributed by atoms with van der Waals surface area (Å²) in [7, 11) is 0. The predicted molar refractivity (Wildman–Crippen MR) is 94.7 cm³/mol. The molecule has 0 bridgehead atoms. The summed E-state index contributed by atoms with van der Waals surface area (Å²) in [6.07, 6.45) is -0.137. The van der Waals surface area contributed by atoms with Gasteiger partial charge in [0.1, 0.15) is 0 Å². The van der Waals surface area contributed by atoms with E-state index in [0.29, 0.717) is 32.0 Å². The van der Waals surface area contributed by atoms with E-state index in [9.17, 15) is 9.59 Å². The number of amides is 2. The van der Waals surface area contributed by atoms with Gasteiger partial charge in [-0.1, -0.05) is 12.1 Å². The molecule has 136 valence electrons. The molecule has 0 spiro atoms. The first-order valence-electron chi connectivity index (χ1n) is 8.72. The Kier molecular flexibility index (Phi) is 5.55. The minimum absolute atomic E-state index is 0.0684. The Bertz CT molecular complexity index is 621. The third-order valence-corrected chi connectivity index (χ3v) is 4.41.